The Kier molecular flexibility index (Phi) is 5.02. The molecule has 1 N–H and O–H groups in total. The Morgan fingerprint density at radius 1 is 0.949 bits per heavy atom. The van der Waals surface area contributed by atoms with Crippen LogP contribution < -0.4 is 15.0 Å². The summed E-state index contributed by atoms with van der Waals surface area (Å²) in [6, 6.07) is 15.4. The lowest BCUT2D eigenvalue weighted by molar-refractivity contribution is -0.119. The highest BCUT2D eigenvalue weighted by Crippen LogP contribution is 2.46. The van der Waals surface area contributed by atoms with Crippen molar-refractivity contribution in [3.63, 3.8) is 0 Å². The van der Waals surface area contributed by atoms with E-state index in [2.05, 4.69) is 25.3 Å². The highest BCUT2D eigenvalue weighted by atomic mass is 16.5. The first kappa shape index (κ1) is 22.8. The Morgan fingerprint density at radius 3 is 2.51 bits per heavy atom. The summed E-state index contributed by atoms with van der Waals surface area (Å²) in [6.07, 6.45) is 5.78. The average molecular weight is 516 g/mol. The van der Waals surface area contributed by atoms with Gasteiger partial charge in [0.2, 0.25) is 0 Å². The largest absolute Gasteiger partial charge is 0.424 e. The van der Waals surface area contributed by atoms with Crippen LogP contribution in [0.4, 0.5) is 11.5 Å². The zero-order chi connectivity index (χ0) is 26.7. The van der Waals surface area contributed by atoms with Crippen molar-refractivity contribution < 1.29 is 14.3 Å². The first-order valence-corrected chi connectivity index (χ1v) is 12.3. The molecule has 5 aromatic rings. The molecule has 0 atom stereocenters. The molecule has 10 nitrogen and oxygen atoms in total. The topological polar surface area (TPSA) is 115 Å². The zero-order valence-electron chi connectivity index (χ0n) is 21.0. The van der Waals surface area contributed by atoms with Crippen LogP contribution in [0.25, 0.3) is 33.4 Å². The molecule has 2 amide bonds. The number of ether oxygens (including phenoxy) is 1. The van der Waals surface area contributed by atoms with Crippen LogP contribution in [0.2, 0.25) is 0 Å². The van der Waals surface area contributed by atoms with E-state index < -0.39 is 0 Å². The lowest BCUT2D eigenvalue weighted by Gasteiger charge is -2.16. The Bertz CT molecular complexity index is 1840. The predicted molar refractivity (Wildman–Crippen MR) is 145 cm³/mol. The van der Waals surface area contributed by atoms with Crippen molar-refractivity contribution in [1.82, 2.24) is 24.5 Å². The SMILES string of the molecule is Cc1ccnc(Oc2ccc3c(c2)CNc2ncnc4c2c-3c(-c2ccc(N3C(=O)C=CC3=O)cc2)n4C)n1. The Labute approximate surface area is 222 Å². The van der Waals surface area contributed by atoms with Gasteiger partial charge in [-0.2, -0.15) is 0 Å². The minimum absolute atomic E-state index is 0.290. The van der Waals surface area contributed by atoms with Crippen molar-refractivity contribution in [2.45, 2.75) is 13.5 Å². The smallest absolute Gasteiger partial charge is 0.322 e. The quantitative estimate of drug-likeness (QED) is 0.347. The highest BCUT2D eigenvalue weighted by molar-refractivity contribution is 6.28. The standard InChI is InChI=1S/C29H21N7O3/c1-16-11-12-30-29(34-16)39-20-7-8-21-18(13-20)14-31-27-25-24(21)26(35(2)28(25)33-15-32-27)17-3-5-19(6-4-17)36-22(37)9-10-23(36)38/h3-13,15H,14H2,1-2H3,(H,31,32,33). The summed E-state index contributed by atoms with van der Waals surface area (Å²) >= 11 is 0. The van der Waals surface area contributed by atoms with Gasteiger partial charge in [0, 0.05) is 43.2 Å². The maximum absolute atomic E-state index is 12.2. The Balaban J connectivity index is 1.36. The van der Waals surface area contributed by atoms with Crippen molar-refractivity contribution in [3.8, 4) is 34.1 Å². The third-order valence-corrected chi connectivity index (χ3v) is 6.95. The van der Waals surface area contributed by atoms with Gasteiger partial charge in [0.25, 0.3) is 11.8 Å². The van der Waals surface area contributed by atoms with Crippen LogP contribution in [0.1, 0.15) is 11.3 Å². The molecule has 39 heavy (non-hydrogen) atoms. The van der Waals surface area contributed by atoms with Crippen LogP contribution in [0.3, 0.4) is 0 Å². The molecule has 3 aromatic heterocycles. The first-order valence-electron chi connectivity index (χ1n) is 12.3. The molecule has 7 rings (SSSR count). The van der Waals surface area contributed by atoms with E-state index in [4.69, 9.17) is 4.74 Å². The maximum atomic E-state index is 12.2. The lowest BCUT2D eigenvalue weighted by atomic mass is 9.95. The van der Waals surface area contributed by atoms with E-state index in [0.29, 0.717) is 24.0 Å². The van der Waals surface area contributed by atoms with E-state index in [0.717, 1.165) is 55.4 Å². The molecule has 0 aliphatic carbocycles. The van der Waals surface area contributed by atoms with E-state index >= 15 is 0 Å². The molecule has 5 heterocycles. The molecule has 0 saturated carbocycles. The minimum atomic E-state index is -0.349. The molecule has 0 saturated heterocycles. The van der Waals surface area contributed by atoms with E-state index in [9.17, 15) is 9.59 Å². The molecule has 0 bridgehead atoms. The van der Waals surface area contributed by atoms with Crippen LogP contribution in [0.15, 0.2) is 73.2 Å². The average Bonchev–Trinajstić information content (AvgIpc) is 3.37. The fourth-order valence-corrected chi connectivity index (χ4v) is 5.19. The van der Waals surface area contributed by atoms with E-state index in [-0.39, 0.29) is 11.8 Å². The number of imide groups is 1. The fourth-order valence-electron chi connectivity index (χ4n) is 5.19. The maximum Gasteiger partial charge on any atom is 0.322 e. The number of aryl methyl sites for hydroxylation is 2. The van der Waals surface area contributed by atoms with Crippen molar-refractivity contribution in [1.29, 1.82) is 0 Å². The Hall–Kier alpha value is -5.38. The monoisotopic (exact) mass is 515 g/mol. The summed E-state index contributed by atoms with van der Waals surface area (Å²) in [5, 5.41) is 4.37. The number of amides is 2. The second-order valence-corrected chi connectivity index (χ2v) is 9.35. The van der Waals surface area contributed by atoms with E-state index in [1.54, 1.807) is 24.7 Å². The fraction of sp³-hybridized carbons (Fsp3) is 0.103. The number of nitrogens with one attached hydrogen (secondary N) is 1. The second kappa shape index (κ2) is 8.59. The molecule has 0 fully saturated rings. The molecule has 0 spiro atoms. The summed E-state index contributed by atoms with van der Waals surface area (Å²) in [7, 11) is 1.97. The van der Waals surface area contributed by atoms with Gasteiger partial charge in [0.05, 0.1) is 16.8 Å². The number of benzene rings is 2. The third-order valence-electron chi connectivity index (χ3n) is 6.95. The molecule has 2 aliphatic heterocycles. The van der Waals surface area contributed by atoms with Gasteiger partial charge in [-0.3, -0.25) is 9.59 Å². The number of anilines is 2. The summed E-state index contributed by atoms with van der Waals surface area (Å²) in [6.45, 7) is 2.43. The number of carbonyl (C=O) groups excluding carboxylic acids is 2. The van der Waals surface area contributed by atoms with E-state index in [1.807, 2.05) is 54.9 Å². The van der Waals surface area contributed by atoms with Crippen LogP contribution in [-0.2, 0) is 23.2 Å². The third kappa shape index (κ3) is 3.64. The number of hydrogen-bond donors (Lipinski definition) is 1. The highest BCUT2D eigenvalue weighted by Gasteiger charge is 2.28. The molecule has 10 heteroatoms. The number of hydrogen-bond acceptors (Lipinski definition) is 8. The van der Waals surface area contributed by atoms with Gasteiger partial charge in [-0.25, -0.2) is 24.8 Å². The van der Waals surface area contributed by atoms with E-state index in [1.165, 1.54) is 12.2 Å². The normalized spacial score (nSPS) is 13.9. The van der Waals surface area contributed by atoms with Crippen LogP contribution in [-0.4, -0.2) is 36.3 Å². The number of aromatic nitrogens is 5. The molecule has 0 unspecified atom stereocenters. The van der Waals surface area contributed by atoms with Crippen LogP contribution >= 0.6 is 0 Å². The lowest BCUT2D eigenvalue weighted by Crippen LogP contribution is -2.29. The van der Waals surface area contributed by atoms with Crippen molar-refractivity contribution in [3.05, 3.63) is 84.5 Å². The summed E-state index contributed by atoms with van der Waals surface area (Å²) < 4.78 is 8.01. The zero-order valence-corrected chi connectivity index (χ0v) is 21.0. The first-order chi connectivity index (χ1) is 19.0. The minimum Gasteiger partial charge on any atom is -0.424 e. The summed E-state index contributed by atoms with van der Waals surface area (Å²) in [4.78, 5) is 43.2. The van der Waals surface area contributed by atoms with Crippen molar-refractivity contribution in [2.75, 3.05) is 10.2 Å². The number of fused-ring (bicyclic) bond motifs is 2. The molecule has 2 aromatic carbocycles. The van der Waals surface area contributed by atoms with Gasteiger partial charge in [0.1, 0.15) is 23.5 Å². The summed E-state index contributed by atoms with van der Waals surface area (Å²) in [5.74, 6) is 0.675. The van der Waals surface area contributed by atoms with Gasteiger partial charge in [0.15, 0.2) is 0 Å². The van der Waals surface area contributed by atoms with Crippen molar-refractivity contribution >= 4 is 34.4 Å². The number of carbonyl (C=O) groups is 2. The molecule has 190 valence electrons. The van der Waals surface area contributed by atoms with Gasteiger partial charge >= 0.3 is 6.01 Å². The van der Waals surface area contributed by atoms with Gasteiger partial charge in [-0.05, 0) is 53.9 Å². The Morgan fingerprint density at radius 2 is 1.74 bits per heavy atom. The van der Waals surface area contributed by atoms with Gasteiger partial charge < -0.3 is 14.6 Å². The number of rotatable bonds is 4. The molecular weight excluding hydrogens is 494 g/mol. The predicted octanol–water partition coefficient (Wildman–Crippen LogP) is 4.55. The van der Waals surface area contributed by atoms with Crippen LogP contribution in [0.5, 0.6) is 11.8 Å². The molecule has 0 radical (unpaired) electrons. The van der Waals surface area contributed by atoms with Crippen LogP contribution in [0, 0.1) is 6.92 Å². The molecular formula is C29H21N7O3. The van der Waals surface area contributed by atoms with Gasteiger partial charge in [-0.15, -0.1) is 0 Å². The molecule has 2 aliphatic rings. The van der Waals surface area contributed by atoms with Crippen molar-refractivity contribution in [2.24, 2.45) is 7.05 Å². The second-order valence-electron chi connectivity index (χ2n) is 9.35. The summed E-state index contributed by atoms with van der Waals surface area (Å²) in [5.41, 5.74) is 7.01. The van der Waals surface area contributed by atoms with Gasteiger partial charge in [-0.1, -0.05) is 18.2 Å². The number of nitrogens with zero attached hydrogens (tertiary/aromatic N) is 6.